The Morgan fingerprint density at radius 3 is 2.53 bits per heavy atom. The number of hydrogen-bond donors (Lipinski definition) is 0. The van der Waals surface area contributed by atoms with Gasteiger partial charge in [-0.05, 0) is 19.1 Å². The Labute approximate surface area is 113 Å². The lowest BCUT2D eigenvalue weighted by atomic mass is 9.94. The molecule has 0 radical (unpaired) electrons. The predicted octanol–water partition coefficient (Wildman–Crippen LogP) is 3.90. The second-order valence-corrected chi connectivity index (χ2v) is 4.77. The van der Waals surface area contributed by atoms with E-state index in [1.807, 2.05) is 42.5 Å². The third kappa shape index (κ3) is 1.68. The Hall–Kier alpha value is -2.06. The van der Waals surface area contributed by atoms with Gasteiger partial charge in [0.05, 0.1) is 0 Å². The largest absolute Gasteiger partial charge is 0.453 e. The summed E-state index contributed by atoms with van der Waals surface area (Å²) in [4.78, 5) is 0. The van der Waals surface area contributed by atoms with Crippen LogP contribution in [0.25, 0.3) is 5.57 Å². The minimum Gasteiger partial charge on any atom is -0.453 e. The zero-order valence-corrected chi connectivity index (χ0v) is 11.1. The van der Waals surface area contributed by atoms with Gasteiger partial charge in [-0.1, -0.05) is 48.5 Å². The molecule has 1 unspecified atom stereocenters. The summed E-state index contributed by atoms with van der Waals surface area (Å²) < 4.78 is 11.8. The van der Waals surface area contributed by atoms with Gasteiger partial charge in [-0.2, -0.15) is 0 Å². The van der Waals surface area contributed by atoms with Crippen LogP contribution < -0.4 is 4.74 Å². The molecule has 0 bridgehead atoms. The average molecular weight is 252 g/mol. The number of methoxy groups -OCH3 is 1. The normalized spacial score (nSPS) is 21.1. The van der Waals surface area contributed by atoms with Gasteiger partial charge in [0, 0.05) is 23.8 Å². The molecule has 1 atom stereocenters. The van der Waals surface area contributed by atoms with Gasteiger partial charge in [0.1, 0.15) is 5.75 Å². The molecule has 0 amide bonds. The molecule has 2 nitrogen and oxygen atoms in total. The fourth-order valence-corrected chi connectivity index (χ4v) is 2.54. The minimum absolute atomic E-state index is 0.821. The first-order valence-corrected chi connectivity index (χ1v) is 6.27. The topological polar surface area (TPSA) is 18.5 Å². The maximum Gasteiger partial charge on any atom is 0.264 e. The quantitative estimate of drug-likeness (QED) is 0.807. The zero-order chi connectivity index (χ0) is 13.5. The zero-order valence-electron chi connectivity index (χ0n) is 11.1. The molecule has 1 aliphatic heterocycles. The van der Waals surface area contributed by atoms with Crippen LogP contribution in [0.3, 0.4) is 0 Å². The highest BCUT2D eigenvalue weighted by Crippen LogP contribution is 2.49. The van der Waals surface area contributed by atoms with Crippen LogP contribution in [0.4, 0.5) is 0 Å². The summed E-state index contributed by atoms with van der Waals surface area (Å²) >= 11 is 0. The van der Waals surface area contributed by atoms with Gasteiger partial charge in [-0.25, -0.2) is 0 Å². The number of rotatable bonds is 2. The van der Waals surface area contributed by atoms with E-state index in [1.54, 1.807) is 7.11 Å². The molecule has 96 valence electrons. The van der Waals surface area contributed by atoms with Gasteiger partial charge in [0.15, 0.2) is 0 Å². The lowest BCUT2D eigenvalue weighted by molar-refractivity contribution is -0.113. The van der Waals surface area contributed by atoms with E-state index in [4.69, 9.17) is 9.47 Å². The third-order valence-electron chi connectivity index (χ3n) is 3.55. The van der Waals surface area contributed by atoms with E-state index >= 15 is 0 Å². The molecule has 0 N–H and O–H groups in total. The van der Waals surface area contributed by atoms with E-state index in [2.05, 4.69) is 19.6 Å². The highest BCUT2D eigenvalue weighted by Gasteiger charge is 2.45. The summed E-state index contributed by atoms with van der Waals surface area (Å²) in [5.41, 5.74) is 4.01. The van der Waals surface area contributed by atoms with Crippen molar-refractivity contribution >= 4 is 5.57 Å². The van der Waals surface area contributed by atoms with E-state index in [1.165, 1.54) is 5.56 Å². The molecule has 2 aromatic carbocycles. The average Bonchev–Trinajstić information content (AvgIpc) is 2.74. The number of ether oxygens (including phenoxy) is 2. The number of hydrogen-bond acceptors (Lipinski definition) is 2. The van der Waals surface area contributed by atoms with Crippen molar-refractivity contribution in [3.63, 3.8) is 0 Å². The van der Waals surface area contributed by atoms with Crippen LogP contribution in [-0.2, 0) is 10.5 Å². The van der Waals surface area contributed by atoms with Crippen molar-refractivity contribution in [1.82, 2.24) is 0 Å². The Morgan fingerprint density at radius 2 is 1.84 bits per heavy atom. The van der Waals surface area contributed by atoms with Crippen LogP contribution in [0.15, 0.2) is 55.1 Å². The summed E-state index contributed by atoms with van der Waals surface area (Å²) in [6.07, 6.45) is 0. The molecule has 1 aliphatic rings. The van der Waals surface area contributed by atoms with E-state index in [9.17, 15) is 0 Å². The summed E-state index contributed by atoms with van der Waals surface area (Å²) in [5, 5.41) is 0. The molecule has 2 heteroatoms. The van der Waals surface area contributed by atoms with Gasteiger partial charge >= 0.3 is 0 Å². The Balaban J connectivity index is 2.15. The minimum atomic E-state index is -0.905. The molecule has 0 saturated carbocycles. The fraction of sp³-hybridized carbons (Fsp3) is 0.176. The summed E-state index contributed by atoms with van der Waals surface area (Å²) in [6, 6.07) is 16.0. The summed E-state index contributed by atoms with van der Waals surface area (Å²) in [7, 11) is 1.65. The van der Waals surface area contributed by atoms with Crippen molar-refractivity contribution in [2.75, 3.05) is 7.11 Å². The van der Waals surface area contributed by atoms with Gasteiger partial charge in [-0.3, -0.25) is 0 Å². The van der Waals surface area contributed by atoms with Crippen LogP contribution in [0.1, 0.15) is 16.7 Å². The van der Waals surface area contributed by atoms with Crippen molar-refractivity contribution < 1.29 is 9.47 Å². The first-order chi connectivity index (χ1) is 9.17. The monoisotopic (exact) mass is 252 g/mol. The molecular weight excluding hydrogens is 236 g/mol. The van der Waals surface area contributed by atoms with Crippen LogP contribution in [0.5, 0.6) is 5.75 Å². The van der Waals surface area contributed by atoms with Crippen molar-refractivity contribution in [2.45, 2.75) is 12.7 Å². The molecule has 19 heavy (non-hydrogen) atoms. The molecule has 3 rings (SSSR count). The van der Waals surface area contributed by atoms with Crippen molar-refractivity contribution in [3.05, 3.63) is 71.8 Å². The molecule has 0 aliphatic carbocycles. The molecule has 0 saturated heterocycles. The maximum absolute atomic E-state index is 6.08. The summed E-state index contributed by atoms with van der Waals surface area (Å²) in [5.74, 6) is -0.0847. The van der Waals surface area contributed by atoms with E-state index in [0.29, 0.717) is 0 Å². The highest BCUT2D eigenvalue weighted by atomic mass is 16.7. The number of benzene rings is 2. The standard InChI is InChI=1S/C17H16O2/c1-12-9-10-16-15(11-12)13(2)17(18-3,19-16)14-7-5-4-6-8-14/h4-11H,2H2,1,3H3. The molecule has 1 heterocycles. The van der Waals surface area contributed by atoms with Crippen molar-refractivity contribution in [2.24, 2.45) is 0 Å². The van der Waals surface area contributed by atoms with Gasteiger partial charge in [0.2, 0.25) is 0 Å². The van der Waals surface area contributed by atoms with Gasteiger partial charge in [-0.15, -0.1) is 0 Å². The fourth-order valence-electron chi connectivity index (χ4n) is 2.54. The molecular formula is C17H16O2. The molecule has 0 aromatic heterocycles. The summed E-state index contributed by atoms with van der Waals surface area (Å²) in [6.45, 7) is 6.25. The molecule has 0 spiro atoms. The van der Waals surface area contributed by atoms with Crippen LogP contribution in [0, 0.1) is 6.92 Å². The van der Waals surface area contributed by atoms with Gasteiger partial charge < -0.3 is 9.47 Å². The van der Waals surface area contributed by atoms with Gasteiger partial charge in [0.25, 0.3) is 5.79 Å². The van der Waals surface area contributed by atoms with E-state index < -0.39 is 5.79 Å². The molecule has 0 fully saturated rings. The lowest BCUT2D eigenvalue weighted by Gasteiger charge is -2.28. The smallest absolute Gasteiger partial charge is 0.264 e. The Bertz CT molecular complexity index is 631. The van der Waals surface area contributed by atoms with Crippen LogP contribution in [0.2, 0.25) is 0 Å². The van der Waals surface area contributed by atoms with E-state index in [0.717, 1.165) is 22.4 Å². The van der Waals surface area contributed by atoms with Crippen LogP contribution in [-0.4, -0.2) is 7.11 Å². The SMILES string of the molecule is C=C1c2cc(C)ccc2OC1(OC)c1ccccc1. The lowest BCUT2D eigenvalue weighted by Crippen LogP contribution is -2.32. The number of fused-ring (bicyclic) bond motifs is 1. The molecule has 2 aromatic rings. The maximum atomic E-state index is 6.08. The second kappa shape index (κ2) is 4.25. The van der Waals surface area contributed by atoms with E-state index in [-0.39, 0.29) is 0 Å². The Kier molecular flexibility index (Phi) is 2.68. The number of aryl methyl sites for hydroxylation is 1. The third-order valence-corrected chi connectivity index (χ3v) is 3.55. The predicted molar refractivity (Wildman–Crippen MR) is 76.0 cm³/mol. The first kappa shape index (κ1) is 12.0. The first-order valence-electron chi connectivity index (χ1n) is 6.27. The highest BCUT2D eigenvalue weighted by molar-refractivity contribution is 5.79. The second-order valence-electron chi connectivity index (χ2n) is 4.77. The Morgan fingerprint density at radius 1 is 1.11 bits per heavy atom. The van der Waals surface area contributed by atoms with Crippen molar-refractivity contribution in [3.8, 4) is 5.75 Å². The van der Waals surface area contributed by atoms with Crippen LogP contribution >= 0.6 is 0 Å². The van der Waals surface area contributed by atoms with Crippen molar-refractivity contribution in [1.29, 1.82) is 0 Å².